The van der Waals surface area contributed by atoms with Crippen molar-refractivity contribution in [3.05, 3.63) is 64.6 Å². The van der Waals surface area contributed by atoms with Gasteiger partial charge in [-0.1, -0.05) is 58.4 Å². The molecule has 0 atom stereocenters. The second kappa shape index (κ2) is 5.32. The zero-order valence-electron chi connectivity index (χ0n) is 10.1. The first-order valence-electron chi connectivity index (χ1n) is 5.89. The van der Waals surface area contributed by atoms with E-state index in [1.165, 1.54) is 0 Å². The van der Waals surface area contributed by atoms with Gasteiger partial charge in [0.15, 0.2) is 0 Å². The Bertz CT molecular complexity index is 679. The number of hydrogen-bond acceptors (Lipinski definition) is 3. The van der Waals surface area contributed by atoms with Gasteiger partial charge in [-0.05, 0) is 22.9 Å². The van der Waals surface area contributed by atoms with E-state index in [9.17, 15) is 0 Å². The van der Waals surface area contributed by atoms with Gasteiger partial charge in [0, 0.05) is 10.0 Å². The smallest absolute Gasteiger partial charge is 0.159 e. The molecule has 1 aromatic heterocycles. The molecular weight excluding hydrogens is 304 g/mol. The first-order chi connectivity index (χ1) is 9.31. The van der Waals surface area contributed by atoms with Crippen LogP contribution in [0, 0.1) is 0 Å². The number of nitrogens with zero attached hydrogens (tertiary/aromatic N) is 4. The van der Waals surface area contributed by atoms with Crippen molar-refractivity contribution in [3.63, 3.8) is 0 Å². The Morgan fingerprint density at radius 2 is 1.84 bits per heavy atom. The highest BCUT2D eigenvalue weighted by atomic mass is 79.9. The largest absolute Gasteiger partial charge is 0.204 e. The molecule has 0 saturated heterocycles. The fourth-order valence-electron chi connectivity index (χ4n) is 1.81. The van der Waals surface area contributed by atoms with Gasteiger partial charge >= 0.3 is 0 Å². The van der Waals surface area contributed by atoms with Crippen LogP contribution in [0.15, 0.2) is 59.1 Å². The van der Waals surface area contributed by atoms with Crippen molar-refractivity contribution in [1.29, 1.82) is 0 Å². The van der Waals surface area contributed by atoms with Crippen LogP contribution in [0.3, 0.4) is 0 Å². The molecule has 2 aromatic carbocycles. The monoisotopic (exact) mass is 314 g/mol. The molecule has 4 nitrogen and oxygen atoms in total. The van der Waals surface area contributed by atoms with E-state index in [2.05, 4.69) is 31.3 Å². The van der Waals surface area contributed by atoms with E-state index >= 15 is 0 Å². The Balaban J connectivity index is 1.82. The Morgan fingerprint density at radius 3 is 2.63 bits per heavy atom. The van der Waals surface area contributed by atoms with Gasteiger partial charge in [0.05, 0.1) is 6.54 Å². The summed E-state index contributed by atoms with van der Waals surface area (Å²) < 4.78 is 1.05. The number of tetrazole rings is 1. The summed E-state index contributed by atoms with van der Waals surface area (Å²) in [7, 11) is 0. The van der Waals surface area contributed by atoms with Crippen molar-refractivity contribution in [2.24, 2.45) is 0 Å². The van der Waals surface area contributed by atoms with Crippen molar-refractivity contribution in [2.45, 2.75) is 6.54 Å². The lowest BCUT2D eigenvalue weighted by Crippen LogP contribution is -2.03. The second-order valence-corrected chi connectivity index (χ2v) is 5.06. The van der Waals surface area contributed by atoms with Crippen LogP contribution in [0.1, 0.15) is 5.56 Å². The first kappa shape index (κ1) is 12.0. The summed E-state index contributed by atoms with van der Waals surface area (Å²) in [6, 6.07) is 17.9. The molecule has 19 heavy (non-hydrogen) atoms. The average Bonchev–Trinajstić information content (AvgIpc) is 2.88. The maximum Gasteiger partial charge on any atom is 0.204 e. The molecule has 94 valence electrons. The highest BCUT2D eigenvalue weighted by Crippen LogP contribution is 2.14. The van der Waals surface area contributed by atoms with Crippen LogP contribution in [0.4, 0.5) is 0 Å². The van der Waals surface area contributed by atoms with Gasteiger partial charge in [-0.2, -0.15) is 4.80 Å². The van der Waals surface area contributed by atoms with Crippen molar-refractivity contribution in [2.75, 3.05) is 0 Å². The molecule has 0 aliphatic rings. The molecule has 1 heterocycles. The summed E-state index contributed by atoms with van der Waals surface area (Å²) >= 11 is 3.45. The Labute approximate surface area is 119 Å². The molecule has 0 bridgehead atoms. The van der Waals surface area contributed by atoms with Gasteiger partial charge in [0.2, 0.25) is 5.82 Å². The molecule has 3 rings (SSSR count). The SMILES string of the molecule is Brc1cccc(Cn2nnc(-c3ccccc3)n2)c1. The third-order valence-corrected chi connectivity index (χ3v) is 3.19. The summed E-state index contributed by atoms with van der Waals surface area (Å²) in [5.74, 6) is 0.649. The normalized spacial score (nSPS) is 10.6. The van der Waals surface area contributed by atoms with Crippen molar-refractivity contribution < 1.29 is 0 Å². The summed E-state index contributed by atoms with van der Waals surface area (Å²) in [6.45, 7) is 0.610. The molecule has 0 fully saturated rings. The fourth-order valence-corrected chi connectivity index (χ4v) is 2.26. The van der Waals surface area contributed by atoms with Gasteiger partial charge < -0.3 is 0 Å². The fraction of sp³-hybridized carbons (Fsp3) is 0.0714. The van der Waals surface area contributed by atoms with Crippen molar-refractivity contribution in [1.82, 2.24) is 20.2 Å². The summed E-state index contributed by atoms with van der Waals surface area (Å²) in [6.07, 6.45) is 0. The van der Waals surface area contributed by atoms with E-state index in [0.29, 0.717) is 12.4 Å². The molecule has 3 aromatic rings. The van der Waals surface area contributed by atoms with Gasteiger partial charge in [0.25, 0.3) is 0 Å². The standard InChI is InChI=1S/C14H11BrN4/c15-13-8-4-5-11(9-13)10-19-17-14(16-18-19)12-6-2-1-3-7-12/h1-9H,10H2. The number of halogens is 1. The number of aromatic nitrogens is 4. The lowest BCUT2D eigenvalue weighted by atomic mass is 10.2. The number of rotatable bonds is 3. The highest BCUT2D eigenvalue weighted by molar-refractivity contribution is 9.10. The van der Waals surface area contributed by atoms with E-state index < -0.39 is 0 Å². The van der Waals surface area contributed by atoms with E-state index in [1.807, 2.05) is 54.6 Å². The molecule has 0 radical (unpaired) electrons. The Morgan fingerprint density at radius 1 is 1.00 bits per heavy atom. The maximum absolute atomic E-state index is 4.38. The van der Waals surface area contributed by atoms with Crippen LogP contribution >= 0.6 is 15.9 Å². The zero-order chi connectivity index (χ0) is 13.1. The first-order valence-corrected chi connectivity index (χ1v) is 6.68. The number of benzene rings is 2. The summed E-state index contributed by atoms with van der Waals surface area (Å²) in [4.78, 5) is 1.60. The van der Waals surface area contributed by atoms with E-state index in [1.54, 1.807) is 4.80 Å². The van der Waals surface area contributed by atoms with Gasteiger partial charge in [-0.3, -0.25) is 0 Å². The highest BCUT2D eigenvalue weighted by Gasteiger charge is 2.05. The Hall–Kier alpha value is -2.01. The van der Waals surface area contributed by atoms with E-state index in [4.69, 9.17) is 0 Å². The van der Waals surface area contributed by atoms with E-state index in [0.717, 1.165) is 15.6 Å². The molecule has 0 amide bonds. The second-order valence-electron chi connectivity index (χ2n) is 4.14. The number of hydrogen-bond donors (Lipinski definition) is 0. The van der Waals surface area contributed by atoms with Crippen LogP contribution in [-0.4, -0.2) is 20.2 Å². The molecule has 0 aliphatic heterocycles. The van der Waals surface area contributed by atoms with Crippen LogP contribution < -0.4 is 0 Å². The minimum absolute atomic E-state index is 0.610. The summed E-state index contributed by atoms with van der Waals surface area (Å²) in [5, 5.41) is 12.5. The minimum Gasteiger partial charge on any atom is -0.159 e. The van der Waals surface area contributed by atoms with Crippen molar-refractivity contribution in [3.8, 4) is 11.4 Å². The van der Waals surface area contributed by atoms with Crippen LogP contribution in [0.5, 0.6) is 0 Å². The quantitative estimate of drug-likeness (QED) is 0.746. The molecule has 0 spiro atoms. The van der Waals surface area contributed by atoms with Crippen LogP contribution in [-0.2, 0) is 6.54 Å². The molecule has 0 N–H and O–H groups in total. The minimum atomic E-state index is 0.610. The maximum atomic E-state index is 4.38. The third-order valence-electron chi connectivity index (χ3n) is 2.70. The van der Waals surface area contributed by atoms with Crippen LogP contribution in [0.2, 0.25) is 0 Å². The lowest BCUT2D eigenvalue weighted by molar-refractivity contribution is 0.572. The van der Waals surface area contributed by atoms with Crippen LogP contribution in [0.25, 0.3) is 11.4 Å². The van der Waals surface area contributed by atoms with Gasteiger partial charge in [-0.15, -0.1) is 10.2 Å². The molecule has 5 heteroatoms. The zero-order valence-corrected chi connectivity index (χ0v) is 11.7. The molecule has 0 unspecified atom stereocenters. The average molecular weight is 315 g/mol. The Kier molecular flexibility index (Phi) is 3.37. The molecule has 0 saturated carbocycles. The van der Waals surface area contributed by atoms with E-state index in [-0.39, 0.29) is 0 Å². The summed E-state index contributed by atoms with van der Waals surface area (Å²) in [5.41, 5.74) is 2.11. The molecular formula is C14H11BrN4. The predicted octanol–water partition coefficient (Wildman–Crippen LogP) is 3.15. The van der Waals surface area contributed by atoms with Gasteiger partial charge in [0.1, 0.15) is 0 Å². The lowest BCUT2D eigenvalue weighted by Gasteiger charge is -1.99. The third kappa shape index (κ3) is 2.88. The van der Waals surface area contributed by atoms with Gasteiger partial charge in [-0.25, -0.2) is 0 Å². The molecule has 0 aliphatic carbocycles. The topological polar surface area (TPSA) is 43.6 Å². The van der Waals surface area contributed by atoms with Crippen molar-refractivity contribution >= 4 is 15.9 Å². The predicted molar refractivity (Wildman–Crippen MR) is 76.5 cm³/mol.